The molecule has 106 valence electrons. The molecule has 21 heavy (non-hydrogen) atoms. The van der Waals surface area contributed by atoms with Crippen LogP contribution in [0.5, 0.6) is 0 Å². The fraction of sp³-hybridized carbons (Fsp3) is 0.0667. The van der Waals surface area contributed by atoms with Gasteiger partial charge in [0.05, 0.1) is 11.1 Å². The highest BCUT2D eigenvalue weighted by Gasteiger charge is 2.30. The Kier molecular flexibility index (Phi) is 3.01. The maximum Gasteiger partial charge on any atom is 0.416 e. The first-order valence-electron chi connectivity index (χ1n) is 6.13. The van der Waals surface area contributed by atoms with Crippen molar-refractivity contribution >= 4 is 16.7 Å². The van der Waals surface area contributed by atoms with E-state index in [0.717, 1.165) is 12.1 Å². The lowest BCUT2D eigenvalue weighted by Gasteiger charge is -2.09. The summed E-state index contributed by atoms with van der Waals surface area (Å²) in [5.74, 6) is 0.341. The molecule has 0 saturated carbocycles. The number of rotatable bonds is 1. The second kappa shape index (κ2) is 4.73. The Morgan fingerprint density at radius 3 is 2.33 bits per heavy atom. The molecule has 0 aliphatic heterocycles. The Morgan fingerprint density at radius 2 is 1.67 bits per heavy atom. The number of halogens is 3. The SMILES string of the molecule is Nc1ncc(-c2ccc(C(F)(F)F)cc2)c2ncccc12. The fourth-order valence-corrected chi connectivity index (χ4v) is 2.14. The summed E-state index contributed by atoms with van der Waals surface area (Å²) in [6, 6.07) is 8.41. The van der Waals surface area contributed by atoms with Crippen LogP contribution in [0.15, 0.2) is 48.8 Å². The van der Waals surface area contributed by atoms with E-state index in [2.05, 4.69) is 9.97 Å². The van der Waals surface area contributed by atoms with Gasteiger partial charge in [-0.05, 0) is 29.8 Å². The van der Waals surface area contributed by atoms with Gasteiger partial charge in [-0.2, -0.15) is 13.2 Å². The van der Waals surface area contributed by atoms with Crippen molar-refractivity contribution in [1.29, 1.82) is 0 Å². The van der Waals surface area contributed by atoms with Gasteiger partial charge in [-0.15, -0.1) is 0 Å². The summed E-state index contributed by atoms with van der Waals surface area (Å²) in [5.41, 5.74) is 6.97. The lowest BCUT2D eigenvalue weighted by Crippen LogP contribution is -2.04. The van der Waals surface area contributed by atoms with Crippen LogP contribution in [-0.4, -0.2) is 9.97 Å². The molecule has 6 heteroatoms. The Balaban J connectivity index is 2.15. The molecule has 0 aliphatic carbocycles. The highest BCUT2D eigenvalue weighted by molar-refractivity contribution is 5.98. The number of aromatic nitrogens is 2. The molecule has 1 aromatic carbocycles. The quantitative estimate of drug-likeness (QED) is 0.739. The minimum absolute atomic E-state index is 0.341. The van der Waals surface area contributed by atoms with Gasteiger partial charge in [0.2, 0.25) is 0 Å². The van der Waals surface area contributed by atoms with Crippen molar-refractivity contribution in [1.82, 2.24) is 9.97 Å². The molecular weight excluding hydrogens is 279 g/mol. The van der Waals surface area contributed by atoms with Gasteiger partial charge in [-0.3, -0.25) is 4.98 Å². The van der Waals surface area contributed by atoms with Crippen LogP contribution in [0.2, 0.25) is 0 Å². The smallest absolute Gasteiger partial charge is 0.383 e. The van der Waals surface area contributed by atoms with E-state index in [9.17, 15) is 13.2 Å². The fourth-order valence-electron chi connectivity index (χ4n) is 2.14. The van der Waals surface area contributed by atoms with E-state index >= 15 is 0 Å². The number of benzene rings is 1. The standard InChI is InChI=1S/C15H10F3N3/c16-15(17,18)10-5-3-9(4-6-10)12-8-21-14(19)11-2-1-7-20-13(11)12/h1-8H,(H2,19,21). The number of nitrogens with two attached hydrogens (primary N) is 1. The van der Waals surface area contributed by atoms with Crippen molar-refractivity contribution in [3.63, 3.8) is 0 Å². The van der Waals surface area contributed by atoms with Crippen LogP contribution < -0.4 is 5.73 Å². The molecule has 0 radical (unpaired) electrons. The first-order valence-corrected chi connectivity index (χ1v) is 6.13. The van der Waals surface area contributed by atoms with Crippen molar-refractivity contribution in [3.05, 3.63) is 54.4 Å². The molecule has 0 unspecified atom stereocenters. The van der Waals surface area contributed by atoms with Crippen LogP contribution in [0, 0.1) is 0 Å². The summed E-state index contributed by atoms with van der Waals surface area (Å²) in [6.45, 7) is 0. The predicted molar refractivity (Wildman–Crippen MR) is 74.4 cm³/mol. The number of alkyl halides is 3. The zero-order valence-corrected chi connectivity index (χ0v) is 10.7. The summed E-state index contributed by atoms with van der Waals surface area (Å²) in [4.78, 5) is 8.32. The van der Waals surface area contributed by atoms with E-state index in [1.54, 1.807) is 18.3 Å². The van der Waals surface area contributed by atoms with Gasteiger partial charge in [-0.25, -0.2) is 4.98 Å². The first kappa shape index (κ1) is 13.4. The van der Waals surface area contributed by atoms with Gasteiger partial charge in [0.1, 0.15) is 5.82 Å². The third kappa shape index (κ3) is 2.40. The minimum atomic E-state index is -4.35. The van der Waals surface area contributed by atoms with E-state index in [1.807, 2.05) is 0 Å². The third-order valence-electron chi connectivity index (χ3n) is 3.19. The van der Waals surface area contributed by atoms with Crippen LogP contribution in [0.3, 0.4) is 0 Å². The highest BCUT2D eigenvalue weighted by Crippen LogP contribution is 2.33. The maximum atomic E-state index is 12.6. The number of pyridine rings is 2. The number of anilines is 1. The van der Waals surface area contributed by atoms with E-state index in [4.69, 9.17) is 5.73 Å². The van der Waals surface area contributed by atoms with Gasteiger partial charge in [0.15, 0.2) is 0 Å². The molecule has 0 amide bonds. The highest BCUT2D eigenvalue weighted by atomic mass is 19.4. The molecule has 0 spiro atoms. The Hall–Kier alpha value is -2.63. The van der Waals surface area contributed by atoms with Crippen LogP contribution in [-0.2, 0) is 6.18 Å². The molecule has 0 fully saturated rings. The summed E-state index contributed by atoms with van der Waals surface area (Å²) in [5, 5.41) is 0.676. The van der Waals surface area contributed by atoms with Crippen molar-refractivity contribution in [2.75, 3.05) is 5.73 Å². The summed E-state index contributed by atoms with van der Waals surface area (Å²) < 4.78 is 37.8. The van der Waals surface area contributed by atoms with Gasteiger partial charge < -0.3 is 5.73 Å². The Labute approximate surface area is 118 Å². The van der Waals surface area contributed by atoms with Gasteiger partial charge in [0, 0.05) is 23.3 Å². The summed E-state index contributed by atoms with van der Waals surface area (Å²) in [7, 11) is 0. The maximum absolute atomic E-state index is 12.6. The van der Waals surface area contributed by atoms with Crippen LogP contribution in [0.4, 0.5) is 19.0 Å². The van der Waals surface area contributed by atoms with E-state index in [-0.39, 0.29) is 0 Å². The molecular formula is C15H10F3N3. The molecule has 0 saturated heterocycles. The molecule has 3 nitrogen and oxygen atoms in total. The van der Waals surface area contributed by atoms with Crippen molar-refractivity contribution in [3.8, 4) is 11.1 Å². The average Bonchev–Trinajstić information content (AvgIpc) is 2.47. The van der Waals surface area contributed by atoms with Crippen molar-refractivity contribution in [2.24, 2.45) is 0 Å². The van der Waals surface area contributed by atoms with Gasteiger partial charge in [-0.1, -0.05) is 12.1 Å². The zero-order valence-electron chi connectivity index (χ0n) is 10.7. The second-order valence-corrected chi connectivity index (χ2v) is 4.53. The van der Waals surface area contributed by atoms with Crippen LogP contribution in [0.1, 0.15) is 5.56 Å². The summed E-state index contributed by atoms with van der Waals surface area (Å²) in [6.07, 6.45) is -1.22. The Morgan fingerprint density at radius 1 is 0.952 bits per heavy atom. The van der Waals surface area contributed by atoms with E-state index < -0.39 is 11.7 Å². The molecule has 3 aromatic rings. The molecule has 2 aromatic heterocycles. The number of hydrogen-bond acceptors (Lipinski definition) is 3. The second-order valence-electron chi connectivity index (χ2n) is 4.53. The monoisotopic (exact) mass is 289 g/mol. The lowest BCUT2D eigenvalue weighted by atomic mass is 10.0. The number of hydrogen-bond donors (Lipinski definition) is 1. The molecule has 0 bridgehead atoms. The Bertz CT molecular complexity index is 795. The van der Waals surface area contributed by atoms with Crippen molar-refractivity contribution in [2.45, 2.75) is 6.18 Å². The molecule has 3 rings (SSSR count). The number of fused-ring (bicyclic) bond motifs is 1. The van der Waals surface area contributed by atoms with Crippen LogP contribution in [0.25, 0.3) is 22.0 Å². The molecule has 0 atom stereocenters. The van der Waals surface area contributed by atoms with Gasteiger partial charge in [0.25, 0.3) is 0 Å². The molecule has 0 aliphatic rings. The normalized spacial score (nSPS) is 11.8. The van der Waals surface area contributed by atoms with E-state index in [1.165, 1.54) is 18.3 Å². The first-order chi connectivity index (χ1) is 9.97. The molecule has 2 heterocycles. The largest absolute Gasteiger partial charge is 0.416 e. The minimum Gasteiger partial charge on any atom is -0.383 e. The lowest BCUT2D eigenvalue weighted by molar-refractivity contribution is -0.137. The van der Waals surface area contributed by atoms with Crippen molar-refractivity contribution < 1.29 is 13.2 Å². The topological polar surface area (TPSA) is 51.8 Å². The zero-order chi connectivity index (χ0) is 15.0. The predicted octanol–water partition coefficient (Wildman–Crippen LogP) is 3.90. The van der Waals surface area contributed by atoms with E-state index in [0.29, 0.717) is 27.8 Å². The number of nitrogen functional groups attached to an aromatic ring is 1. The summed E-state index contributed by atoms with van der Waals surface area (Å²) >= 11 is 0. The molecule has 2 N–H and O–H groups in total. The average molecular weight is 289 g/mol. The third-order valence-corrected chi connectivity index (χ3v) is 3.19. The van der Waals surface area contributed by atoms with Gasteiger partial charge >= 0.3 is 6.18 Å². The number of nitrogens with zero attached hydrogens (tertiary/aromatic N) is 2. The van der Waals surface area contributed by atoms with Crippen LogP contribution >= 0.6 is 0 Å².